The largest absolute Gasteiger partial charge is 0.441 e. The molecule has 3 saturated heterocycles. The summed E-state index contributed by atoms with van der Waals surface area (Å²) in [5, 5.41) is 0.367. The van der Waals surface area contributed by atoms with E-state index in [0.717, 1.165) is 22.6 Å². The summed E-state index contributed by atoms with van der Waals surface area (Å²) in [7, 11) is 0. The standard InChI is InChI=1S/C32H33F3N4O4S/c33-32(34,35)25-8-6-22(7-9-25)19-37-16-12-31(13-17-37)21-39(30(42)43-31)20-26-18-36-28(44-26)29(41)38-14-10-24(11-15-38)27(40)23-4-2-1-3-5-23/h1-9,18,24H,10-17,19-21H2. The average molecular weight is 627 g/mol. The van der Waals surface area contributed by atoms with Gasteiger partial charge in [-0.15, -0.1) is 11.3 Å². The molecule has 1 aromatic heterocycles. The molecule has 3 aromatic rings. The van der Waals surface area contributed by atoms with Crippen LogP contribution in [-0.2, 0) is 24.0 Å². The topological polar surface area (TPSA) is 83.1 Å². The van der Waals surface area contributed by atoms with Gasteiger partial charge in [0, 0.05) is 68.1 Å². The highest BCUT2D eigenvalue weighted by Gasteiger charge is 2.47. The summed E-state index contributed by atoms with van der Waals surface area (Å²) in [6.45, 7) is 3.58. The lowest BCUT2D eigenvalue weighted by Gasteiger charge is -2.37. The molecule has 0 aliphatic carbocycles. The number of ether oxygens (including phenoxy) is 1. The van der Waals surface area contributed by atoms with Gasteiger partial charge in [-0.2, -0.15) is 13.2 Å². The first-order chi connectivity index (χ1) is 21.1. The number of carbonyl (C=O) groups is 3. The molecule has 0 bridgehead atoms. The highest BCUT2D eigenvalue weighted by molar-refractivity contribution is 7.13. The number of aromatic nitrogens is 1. The van der Waals surface area contributed by atoms with Gasteiger partial charge in [-0.3, -0.25) is 19.4 Å². The van der Waals surface area contributed by atoms with Crippen molar-refractivity contribution < 1.29 is 32.3 Å². The van der Waals surface area contributed by atoms with Gasteiger partial charge in [0.2, 0.25) is 0 Å². The van der Waals surface area contributed by atoms with Gasteiger partial charge >= 0.3 is 12.3 Å². The van der Waals surface area contributed by atoms with Gasteiger partial charge in [0.25, 0.3) is 5.91 Å². The summed E-state index contributed by atoms with van der Waals surface area (Å²) >= 11 is 1.27. The van der Waals surface area contributed by atoms with Crippen molar-refractivity contribution in [2.45, 2.75) is 50.6 Å². The van der Waals surface area contributed by atoms with Crippen LogP contribution >= 0.6 is 11.3 Å². The van der Waals surface area contributed by atoms with Crippen molar-refractivity contribution in [2.24, 2.45) is 5.92 Å². The highest BCUT2D eigenvalue weighted by atomic mass is 32.1. The number of Topliss-reactive ketones (excluding diaryl/α,β-unsaturated/α-hetero) is 1. The zero-order valence-electron chi connectivity index (χ0n) is 24.1. The minimum atomic E-state index is -4.35. The molecule has 0 radical (unpaired) electrons. The molecule has 2 aromatic carbocycles. The summed E-state index contributed by atoms with van der Waals surface area (Å²) in [6, 6.07) is 14.5. The van der Waals surface area contributed by atoms with Crippen molar-refractivity contribution in [3.8, 4) is 0 Å². The highest BCUT2D eigenvalue weighted by Crippen LogP contribution is 2.35. The molecule has 0 unspecified atom stereocenters. The van der Waals surface area contributed by atoms with Crippen molar-refractivity contribution >= 4 is 29.1 Å². The molecule has 2 amide bonds. The van der Waals surface area contributed by atoms with Gasteiger partial charge in [0.1, 0.15) is 5.60 Å². The fraction of sp³-hybridized carbons (Fsp3) is 0.438. The van der Waals surface area contributed by atoms with Crippen LogP contribution in [0.25, 0.3) is 0 Å². The van der Waals surface area contributed by atoms with Crippen LogP contribution in [0.4, 0.5) is 18.0 Å². The number of hydrogen-bond donors (Lipinski definition) is 0. The van der Waals surface area contributed by atoms with Crippen LogP contribution in [0.3, 0.4) is 0 Å². The number of hydrogen-bond acceptors (Lipinski definition) is 7. The molecule has 4 heterocycles. The number of halogens is 3. The zero-order valence-corrected chi connectivity index (χ0v) is 24.9. The minimum absolute atomic E-state index is 0.0986. The van der Waals surface area contributed by atoms with E-state index >= 15 is 0 Å². The molecule has 6 rings (SSSR count). The van der Waals surface area contributed by atoms with E-state index in [4.69, 9.17) is 4.74 Å². The molecule has 0 N–H and O–H groups in total. The molecule has 3 aliphatic rings. The van der Waals surface area contributed by atoms with Crippen LogP contribution in [0.1, 0.15) is 61.8 Å². The molecule has 0 atom stereocenters. The Morgan fingerprint density at radius 2 is 1.64 bits per heavy atom. The summed E-state index contributed by atoms with van der Waals surface area (Å²) < 4.78 is 44.4. The Labute approximate surface area is 257 Å². The first-order valence-corrected chi connectivity index (χ1v) is 15.6. The summed E-state index contributed by atoms with van der Waals surface area (Å²) in [4.78, 5) is 49.4. The van der Waals surface area contributed by atoms with Crippen LogP contribution in [-0.4, -0.2) is 75.8 Å². The number of likely N-dealkylation sites (tertiary alicyclic amines) is 2. The second-order valence-corrected chi connectivity index (χ2v) is 12.9. The van der Waals surface area contributed by atoms with E-state index in [-0.39, 0.29) is 17.6 Å². The van der Waals surface area contributed by atoms with E-state index in [0.29, 0.717) is 82.1 Å². The summed E-state index contributed by atoms with van der Waals surface area (Å²) in [5.74, 6) is -0.138. The lowest BCUT2D eigenvalue weighted by Crippen LogP contribution is -2.46. The van der Waals surface area contributed by atoms with Crippen LogP contribution in [0, 0.1) is 5.92 Å². The molecule has 44 heavy (non-hydrogen) atoms. The third kappa shape index (κ3) is 6.66. The monoisotopic (exact) mass is 626 g/mol. The van der Waals surface area contributed by atoms with Crippen molar-refractivity contribution in [1.82, 2.24) is 19.7 Å². The zero-order chi connectivity index (χ0) is 30.9. The molecular weight excluding hydrogens is 593 g/mol. The fourth-order valence-corrected chi connectivity index (χ4v) is 7.13. The van der Waals surface area contributed by atoms with E-state index in [1.54, 1.807) is 16.0 Å². The Kier molecular flexibility index (Phi) is 8.47. The van der Waals surface area contributed by atoms with Gasteiger partial charge in [-0.05, 0) is 30.5 Å². The number of thiazole rings is 1. The SMILES string of the molecule is O=C(c1ccccc1)C1CCN(C(=O)c2ncc(CN3CC4(CCN(Cc5ccc(C(F)(F)F)cc5)CC4)OC3=O)s2)CC1. The number of rotatable bonds is 7. The van der Waals surface area contributed by atoms with Gasteiger partial charge < -0.3 is 9.64 Å². The predicted octanol–water partition coefficient (Wildman–Crippen LogP) is 5.88. The van der Waals surface area contributed by atoms with Gasteiger partial charge in [-0.25, -0.2) is 9.78 Å². The number of alkyl halides is 3. The smallest absolute Gasteiger partial charge is 0.416 e. The molecule has 8 nitrogen and oxygen atoms in total. The van der Waals surface area contributed by atoms with Crippen LogP contribution in [0.5, 0.6) is 0 Å². The van der Waals surface area contributed by atoms with Gasteiger partial charge in [-0.1, -0.05) is 42.5 Å². The van der Waals surface area contributed by atoms with Crippen molar-refractivity contribution in [3.05, 3.63) is 87.4 Å². The Morgan fingerprint density at radius 1 is 0.955 bits per heavy atom. The van der Waals surface area contributed by atoms with Crippen LogP contribution < -0.4 is 0 Å². The Hall–Kier alpha value is -3.77. The maximum Gasteiger partial charge on any atom is 0.416 e. The summed E-state index contributed by atoms with van der Waals surface area (Å²) in [5.41, 5.74) is 0.247. The van der Waals surface area contributed by atoms with Crippen molar-refractivity contribution in [2.75, 3.05) is 32.7 Å². The molecule has 232 valence electrons. The first kappa shape index (κ1) is 30.3. The lowest BCUT2D eigenvalue weighted by molar-refractivity contribution is -0.137. The minimum Gasteiger partial charge on any atom is -0.441 e. The number of nitrogens with zero attached hydrogens (tertiary/aromatic N) is 4. The van der Waals surface area contributed by atoms with Crippen LogP contribution in [0.15, 0.2) is 60.8 Å². The molecule has 1 spiro atoms. The van der Waals surface area contributed by atoms with E-state index in [1.807, 2.05) is 30.3 Å². The first-order valence-electron chi connectivity index (χ1n) is 14.8. The number of carbonyl (C=O) groups excluding carboxylic acids is 3. The van der Waals surface area contributed by atoms with Crippen molar-refractivity contribution in [3.63, 3.8) is 0 Å². The summed E-state index contributed by atoms with van der Waals surface area (Å²) in [6.07, 6.45) is -0.631. The number of ketones is 1. The third-order valence-electron chi connectivity index (χ3n) is 8.79. The van der Waals surface area contributed by atoms with Gasteiger partial charge in [0.15, 0.2) is 10.8 Å². The van der Waals surface area contributed by atoms with Crippen LogP contribution in [0.2, 0.25) is 0 Å². The number of benzene rings is 2. The second kappa shape index (κ2) is 12.3. The Bertz CT molecular complexity index is 1500. The van der Waals surface area contributed by atoms with E-state index < -0.39 is 23.4 Å². The number of piperidine rings is 2. The van der Waals surface area contributed by atoms with Gasteiger partial charge in [0.05, 0.1) is 18.7 Å². The third-order valence-corrected chi connectivity index (χ3v) is 9.76. The predicted molar refractivity (Wildman–Crippen MR) is 157 cm³/mol. The lowest BCUT2D eigenvalue weighted by atomic mass is 9.89. The molecular formula is C32H33F3N4O4S. The Balaban J connectivity index is 0.978. The fourth-order valence-electron chi connectivity index (χ4n) is 6.24. The van der Waals surface area contributed by atoms with E-state index in [9.17, 15) is 27.6 Å². The molecule has 3 aliphatic heterocycles. The Morgan fingerprint density at radius 3 is 2.30 bits per heavy atom. The maximum absolute atomic E-state index is 13.2. The number of amides is 2. The van der Waals surface area contributed by atoms with Crippen molar-refractivity contribution in [1.29, 1.82) is 0 Å². The average Bonchev–Trinajstić information content (AvgIpc) is 3.62. The quantitative estimate of drug-likeness (QED) is 0.305. The molecule has 3 fully saturated rings. The van der Waals surface area contributed by atoms with E-state index in [2.05, 4.69) is 9.88 Å². The molecule has 0 saturated carbocycles. The second-order valence-electron chi connectivity index (χ2n) is 11.8. The molecule has 12 heteroatoms. The normalized spacial score (nSPS) is 19.4. The maximum atomic E-state index is 13.2. The van der Waals surface area contributed by atoms with E-state index in [1.165, 1.54) is 23.5 Å².